The number of aryl methyl sites for hydroxylation is 1. The SMILES string of the molecule is CC(=O)SCCn1/c(=N\C(=O)C(F)(F)F)sc2cc(OC(F)(F)F)ccc21. The van der Waals surface area contributed by atoms with Gasteiger partial charge in [-0.2, -0.15) is 18.2 Å². The number of benzene rings is 1. The minimum Gasteiger partial charge on any atom is -0.406 e. The molecule has 5 nitrogen and oxygen atoms in total. The van der Waals surface area contributed by atoms with Gasteiger partial charge in [0.1, 0.15) is 5.75 Å². The van der Waals surface area contributed by atoms with Crippen molar-refractivity contribution in [2.45, 2.75) is 26.0 Å². The molecule has 27 heavy (non-hydrogen) atoms. The number of amides is 1. The van der Waals surface area contributed by atoms with Crippen molar-refractivity contribution in [3.8, 4) is 5.75 Å². The molecule has 2 aromatic rings. The number of carbonyl (C=O) groups excluding carboxylic acids is 2. The smallest absolute Gasteiger partial charge is 0.406 e. The Bertz CT molecular complexity index is 930. The molecule has 1 aromatic heterocycles. The van der Waals surface area contributed by atoms with E-state index in [2.05, 4.69) is 9.73 Å². The number of hydrogen-bond donors (Lipinski definition) is 0. The number of rotatable bonds is 4. The van der Waals surface area contributed by atoms with Crippen LogP contribution in [0.1, 0.15) is 6.92 Å². The van der Waals surface area contributed by atoms with Crippen molar-refractivity contribution in [1.82, 2.24) is 4.57 Å². The maximum absolute atomic E-state index is 12.5. The summed E-state index contributed by atoms with van der Waals surface area (Å²) < 4.78 is 79.6. The zero-order chi connectivity index (χ0) is 20.4. The average Bonchev–Trinajstić information content (AvgIpc) is 2.81. The summed E-state index contributed by atoms with van der Waals surface area (Å²) in [6, 6.07) is 3.19. The Morgan fingerprint density at radius 3 is 2.44 bits per heavy atom. The number of thioether (sulfide) groups is 1. The second kappa shape index (κ2) is 7.92. The maximum Gasteiger partial charge on any atom is 0.573 e. The minimum atomic E-state index is -5.19. The van der Waals surface area contributed by atoms with Gasteiger partial charge in [-0.1, -0.05) is 23.1 Å². The summed E-state index contributed by atoms with van der Waals surface area (Å²) in [5, 5.41) is -0.221. The average molecular weight is 432 g/mol. The first kappa shape index (κ1) is 21.3. The highest BCUT2D eigenvalue weighted by Gasteiger charge is 2.38. The minimum absolute atomic E-state index is 0.0215. The van der Waals surface area contributed by atoms with Crippen LogP contribution in [0.3, 0.4) is 0 Å². The molecule has 0 unspecified atom stereocenters. The lowest BCUT2D eigenvalue weighted by atomic mass is 10.3. The van der Waals surface area contributed by atoms with Gasteiger partial charge in [0, 0.05) is 19.2 Å². The molecule has 0 aliphatic carbocycles. The van der Waals surface area contributed by atoms with Gasteiger partial charge in [0.25, 0.3) is 0 Å². The van der Waals surface area contributed by atoms with E-state index in [1.54, 1.807) is 0 Å². The molecule has 0 fully saturated rings. The molecule has 2 rings (SSSR count). The van der Waals surface area contributed by atoms with Crippen molar-refractivity contribution in [2.24, 2.45) is 4.99 Å². The van der Waals surface area contributed by atoms with Crippen molar-refractivity contribution >= 4 is 44.3 Å². The summed E-state index contributed by atoms with van der Waals surface area (Å²) in [5.41, 5.74) is 0.257. The van der Waals surface area contributed by atoms with Crippen molar-refractivity contribution < 1.29 is 40.7 Å². The van der Waals surface area contributed by atoms with E-state index < -0.39 is 24.2 Å². The number of fused-ring (bicyclic) bond motifs is 1. The van der Waals surface area contributed by atoms with Crippen LogP contribution in [0.15, 0.2) is 23.2 Å². The molecule has 0 aliphatic heterocycles. The van der Waals surface area contributed by atoms with Crippen LogP contribution >= 0.6 is 23.1 Å². The number of hydrogen-bond acceptors (Lipinski definition) is 5. The molecule has 0 bridgehead atoms. The monoisotopic (exact) mass is 432 g/mol. The fraction of sp³-hybridized carbons (Fsp3) is 0.357. The van der Waals surface area contributed by atoms with E-state index in [-0.39, 0.29) is 32.4 Å². The third-order valence-corrected chi connectivity index (χ3v) is 4.78. The molecular formula is C14H10F6N2O3S2. The van der Waals surface area contributed by atoms with Crippen molar-refractivity contribution in [3.05, 3.63) is 23.0 Å². The summed E-state index contributed by atoms with van der Waals surface area (Å²) in [4.78, 5) is 24.9. The zero-order valence-electron chi connectivity index (χ0n) is 13.3. The van der Waals surface area contributed by atoms with Crippen molar-refractivity contribution in [1.29, 1.82) is 0 Å². The van der Waals surface area contributed by atoms with E-state index in [9.17, 15) is 35.9 Å². The number of halogens is 6. The van der Waals surface area contributed by atoms with E-state index >= 15 is 0 Å². The molecule has 1 heterocycles. The van der Waals surface area contributed by atoms with Gasteiger partial charge in [-0.05, 0) is 18.2 Å². The Morgan fingerprint density at radius 1 is 1.22 bits per heavy atom. The lowest BCUT2D eigenvalue weighted by Crippen LogP contribution is -2.25. The van der Waals surface area contributed by atoms with Gasteiger partial charge in [-0.15, -0.1) is 13.2 Å². The van der Waals surface area contributed by atoms with Crippen LogP contribution in [-0.4, -0.2) is 33.9 Å². The first-order valence-corrected chi connectivity index (χ1v) is 8.85. The second-order valence-corrected chi connectivity index (χ2v) is 7.25. The number of aromatic nitrogens is 1. The molecule has 0 saturated carbocycles. The van der Waals surface area contributed by atoms with E-state index in [0.29, 0.717) is 11.3 Å². The first-order chi connectivity index (χ1) is 12.4. The second-order valence-electron chi connectivity index (χ2n) is 4.97. The Kier molecular flexibility index (Phi) is 6.24. The molecule has 0 N–H and O–H groups in total. The van der Waals surface area contributed by atoms with E-state index in [4.69, 9.17) is 0 Å². The molecule has 13 heteroatoms. The lowest BCUT2D eigenvalue weighted by Gasteiger charge is -2.09. The maximum atomic E-state index is 12.5. The summed E-state index contributed by atoms with van der Waals surface area (Å²) in [5.74, 6) is -2.72. The number of alkyl halides is 6. The number of thiazole rings is 1. The standard InChI is InChI=1S/C14H10F6N2O3S2/c1-7(23)26-5-4-22-9-3-2-8(25-14(18,19)20)6-10(9)27-12(22)21-11(24)13(15,16)17/h2-3,6H,4-5H2,1H3/b21-12+. The van der Waals surface area contributed by atoms with Crippen LogP contribution in [0.2, 0.25) is 0 Å². The predicted octanol–water partition coefficient (Wildman–Crippen LogP) is 3.87. The van der Waals surface area contributed by atoms with E-state index in [1.807, 2.05) is 0 Å². The van der Waals surface area contributed by atoms with Crippen molar-refractivity contribution in [2.75, 3.05) is 5.75 Å². The van der Waals surface area contributed by atoms with Crippen LogP contribution in [-0.2, 0) is 16.1 Å². The number of carbonyl (C=O) groups is 2. The molecule has 0 radical (unpaired) electrons. The summed E-state index contributed by atoms with van der Waals surface area (Å²) in [7, 11) is 0. The largest absolute Gasteiger partial charge is 0.573 e. The fourth-order valence-electron chi connectivity index (χ4n) is 1.98. The van der Waals surface area contributed by atoms with E-state index in [1.165, 1.54) is 17.6 Å². The molecule has 0 saturated heterocycles. The lowest BCUT2D eigenvalue weighted by molar-refractivity contribution is -0.274. The molecule has 1 amide bonds. The highest BCUT2D eigenvalue weighted by atomic mass is 32.2. The third-order valence-electron chi connectivity index (χ3n) is 2.95. The van der Waals surface area contributed by atoms with Crippen LogP contribution in [0, 0.1) is 0 Å². The Morgan fingerprint density at radius 2 is 1.89 bits per heavy atom. The molecule has 0 spiro atoms. The van der Waals surface area contributed by atoms with Gasteiger partial charge >= 0.3 is 18.4 Å². The molecule has 148 valence electrons. The van der Waals surface area contributed by atoms with Gasteiger partial charge in [-0.25, -0.2) is 0 Å². The third kappa shape index (κ3) is 5.99. The molecular weight excluding hydrogens is 422 g/mol. The Balaban J connectivity index is 2.52. The summed E-state index contributed by atoms with van der Waals surface area (Å²) in [6.45, 7) is 1.33. The number of ether oxygens (including phenoxy) is 1. The fourth-order valence-corrected chi connectivity index (χ4v) is 3.63. The van der Waals surface area contributed by atoms with E-state index in [0.717, 1.165) is 23.9 Å². The first-order valence-electron chi connectivity index (χ1n) is 7.05. The molecule has 0 atom stereocenters. The number of nitrogens with zero attached hydrogens (tertiary/aromatic N) is 2. The molecule has 0 aliphatic rings. The van der Waals surface area contributed by atoms with Crippen LogP contribution < -0.4 is 9.54 Å². The Labute approximate surface area is 155 Å². The highest BCUT2D eigenvalue weighted by molar-refractivity contribution is 8.13. The zero-order valence-corrected chi connectivity index (χ0v) is 15.0. The molecule has 1 aromatic carbocycles. The summed E-state index contributed by atoms with van der Waals surface area (Å²) in [6.07, 6.45) is -10.1. The van der Waals surface area contributed by atoms with Gasteiger partial charge < -0.3 is 9.30 Å². The van der Waals surface area contributed by atoms with Gasteiger partial charge in [0.15, 0.2) is 9.92 Å². The predicted molar refractivity (Wildman–Crippen MR) is 86.3 cm³/mol. The topological polar surface area (TPSA) is 60.7 Å². The Hall–Kier alpha value is -2.02. The van der Waals surface area contributed by atoms with Crippen molar-refractivity contribution in [3.63, 3.8) is 0 Å². The van der Waals surface area contributed by atoms with Gasteiger partial charge in [0.2, 0.25) is 0 Å². The quantitative estimate of drug-likeness (QED) is 0.689. The van der Waals surface area contributed by atoms with Crippen LogP contribution in [0.4, 0.5) is 26.3 Å². The van der Waals surface area contributed by atoms with Gasteiger partial charge in [0.05, 0.1) is 10.2 Å². The van der Waals surface area contributed by atoms with Crippen LogP contribution in [0.5, 0.6) is 5.75 Å². The van der Waals surface area contributed by atoms with Gasteiger partial charge in [-0.3, -0.25) is 9.59 Å². The van der Waals surface area contributed by atoms with Crippen LogP contribution in [0.25, 0.3) is 10.2 Å². The normalized spacial score (nSPS) is 13.2. The highest BCUT2D eigenvalue weighted by Crippen LogP contribution is 2.28. The summed E-state index contributed by atoms with van der Waals surface area (Å²) >= 11 is 1.51.